The van der Waals surface area contributed by atoms with Crippen molar-refractivity contribution in [2.75, 3.05) is 6.54 Å². The smallest absolute Gasteiger partial charge is 0.315 e. The normalized spacial score (nSPS) is 20.4. The van der Waals surface area contributed by atoms with Crippen LogP contribution in [0.25, 0.3) is 0 Å². The van der Waals surface area contributed by atoms with Crippen LogP contribution in [-0.2, 0) is 0 Å². The summed E-state index contributed by atoms with van der Waals surface area (Å²) in [6.45, 7) is 2.28. The highest BCUT2D eigenvalue weighted by Gasteiger charge is 2.25. The topological polar surface area (TPSA) is 41.1 Å². The summed E-state index contributed by atoms with van der Waals surface area (Å²) in [5, 5.41) is 5.27. The van der Waals surface area contributed by atoms with E-state index in [4.69, 9.17) is 0 Å². The molecule has 1 heterocycles. The van der Waals surface area contributed by atoms with Gasteiger partial charge in [0.25, 0.3) is 0 Å². The number of rotatable bonds is 1. The Morgan fingerprint density at radius 2 is 2.29 bits per heavy atom. The van der Waals surface area contributed by atoms with Crippen molar-refractivity contribution in [3.8, 4) is 0 Å². The van der Waals surface area contributed by atoms with Crippen molar-refractivity contribution in [1.29, 1.82) is 0 Å². The lowest BCUT2D eigenvalue weighted by Crippen LogP contribution is -2.22. The van der Waals surface area contributed by atoms with E-state index in [0.29, 0.717) is 12.1 Å². The van der Waals surface area contributed by atoms with Crippen molar-refractivity contribution in [1.82, 2.24) is 10.6 Å². The first-order valence-corrected chi connectivity index (χ1v) is 4.48. The predicted octanol–water partition coefficient (Wildman–Crippen LogP) is 1.49. The van der Waals surface area contributed by atoms with Gasteiger partial charge in [-0.3, -0.25) is 0 Å². The summed E-state index contributed by atoms with van der Waals surface area (Å²) < 4.78 is 13.5. The number of halogens is 1. The lowest BCUT2D eigenvalue weighted by Gasteiger charge is -2.12. The molecule has 14 heavy (non-hydrogen) atoms. The van der Waals surface area contributed by atoms with E-state index in [1.807, 2.05) is 13.0 Å². The Kier molecular flexibility index (Phi) is 2.11. The van der Waals surface area contributed by atoms with Crippen LogP contribution >= 0.6 is 0 Å². The summed E-state index contributed by atoms with van der Waals surface area (Å²) >= 11 is 0. The fourth-order valence-corrected chi connectivity index (χ4v) is 1.72. The SMILES string of the molecule is Cc1cccc(F)c1C1CNC(=O)N1. The average molecular weight is 194 g/mol. The van der Waals surface area contributed by atoms with Crippen LogP contribution in [-0.4, -0.2) is 12.6 Å². The molecule has 1 fully saturated rings. The number of carbonyl (C=O) groups is 1. The first kappa shape index (κ1) is 8.99. The average Bonchev–Trinajstić information content (AvgIpc) is 2.51. The third-order valence-electron chi connectivity index (χ3n) is 2.39. The van der Waals surface area contributed by atoms with E-state index >= 15 is 0 Å². The molecule has 1 unspecified atom stereocenters. The summed E-state index contributed by atoms with van der Waals surface area (Å²) in [4.78, 5) is 10.9. The molecule has 0 spiro atoms. The van der Waals surface area contributed by atoms with Gasteiger partial charge in [0, 0.05) is 12.1 Å². The van der Waals surface area contributed by atoms with Crippen LogP contribution in [0.5, 0.6) is 0 Å². The first-order valence-electron chi connectivity index (χ1n) is 4.48. The van der Waals surface area contributed by atoms with Crippen LogP contribution in [0.1, 0.15) is 17.2 Å². The molecule has 0 radical (unpaired) electrons. The minimum absolute atomic E-state index is 0.238. The van der Waals surface area contributed by atoms with Gasteiger partial charge in [-0.1, -0.05) is 12.1 Å². The maximum Gasteiger partial charge on any atom is 0.315 e. The monoisotopic (exact) mass is 194 g/mol. The second-order valence-corrected chi connectivity index (χ2v) is 3.38. The minimum Gasteiger partial charge on any atom is -0.336 e. The third kappa shape index (κ3) is 1.43. The molecule has 2 rings (SSSR count). The van der Waals surface area contributed by atoms with Crippen molar-refractivity contribution in [3.05, 3.63) is 35.1 Å². The lowest BCUT2D eigenvalue weighted by molar-refractivity contribution is 0.247. The van der Waals surface area contributed by atoms with Crippen molar-refractivity contribution in [2.45, 2.75) is 13.0 Å². The minimum atomic E-state index is -0.265. The van der Waals surface area contributed by atoms with Gasteiger partial charge in [0.1, 0.15) is 5.82 Å². The molecule has 3 nitrogen and oxygen atoms in total. The Morgan fingerprint density at radius 3 is 2.86 bits per heavy atom. The summed E-state index contributed by atoms with van der Waals surface area (Å²) in [7, 11) is 0. The summed E-state index contributed by atoms with van der Waals surface area (Å²) in [6.07, 6.45) is 0. The van der Waals surface area contributed by atoms with E-state index in [2.05, 4.69) is 10.6 Å². The maximum absolute atomic E-state index is 13.5. The highest BCUT2D eigenvalue weighted by Crippen LogP contribution is 2.22. The van der Waals surface area contributed by atoms with Gasteiger partial charge in [-0.15, -0.1) is 0 Å². The zero-order valence-electron chi connectivity index (χ0n) is 7.80. The van der Waals surface area contributed by atoms with E-state index < -0.39 is 0 Å². The molecular formula is C10H11FN2O. The largest absolute Gasteiger partial charge is 0.336 e. The number of hydrogen-bond donors (Lipinski definition) is 2. The van der Waals surface area contributed by atoms with E-state index in [1.54, 1.807) is 6.07 Å². The standard InChI is InChI=1S/C10H11FN2O/c1-6-3-2-4-7(11)9(6)8-5-12-10(14)13-8/h2-4,8H,5H2,1H3,(H2,12,13,14). The molecule has 2 amide bonds. The maximum atomic E-state index is 13.5. The lowest BCUT2D eigenvalue weighted by atomic mass is 10.0. The molecule has 4 heteroatoms. The molecule has 0 aromatic heterocycles. The molecule has 2 N–H and O–H groups in total. The fourth-order valence-electron chi connectivity index (χ4n) is 1.72. The van der Waals surface area contributed by atoms with Crippen LogP contribution in [0.3, 0.4) is 0 Å². The van der Waals surface area contributed by atoms with E-state index in [1.165, 1.54) is 6.07 Å². The number of amides is 2. The number of urea groups is 1. The van der Waals surface area contributed by atoms with E-state index in [-0.39, 0.29) is 17.9 Å². The Labute approximate surface area is 81.3 Å². The molecule has 1 saturated heterocycles. The molecule has 0 bridgehead atoms. The van der Waals surface area contributed by atoms with E-state index in [0.717, 1.165) is 5.56 Å². The quantitative estimate of drug-likeness (QED) is 0.698. The number of carbonyl (C=O) groups excluding carboxylic acids is 1. The fraction of sp³-hybridized carbons (Fsp3) is 0.300. The van der Waals surface area contributed by atoms with Gasteiger partial charge in [0.15, 0.2) is 0 Å². The summed E-state index contributed by atoms with van der Waals surface area (Å²) in [5.41, 5.74) is 1.44. The molecular weight excluding hydrogens is 183 g/mol. The molecule has 1 aliphatic heterocycles. The molecule has 1 aromatic rings. The Hall–Kier alpha value is -1.58. The van der Waals surface area contributed by atoms with Gasteiger partial charge in [-0.25, -0.2) is 9.18 Å². The van der Waals surface area contributed by atoms with Crippen LogP contribution in [0.4, 0.5) is 9.18 Å². The molecule has 1 aromatic carbocycles. The van der Waals surface area contributed by atoms with Gasteiger partial charge in [0.2, 0.25) is 0 Å². The zero-order chi connectivity index (χ0) is 10.1. The van der Waals surface area contributed by atoms with Crippen molar-refractivity contribution < 1.29 is 9.18 Å². The highest BCUT2D eigenvalue weighted by molar-refractivity contribution is 5.77. The van der Waals surface area contributed by atoms with Crippen molar-refractivity contribution in [2.24, 2.45) is 0 Å². The summed E-state index contributed by atoms with van der Waals surface area (Å²) in [6, 6.07) is 4.43. The van der Waals surface area contributed by atoms with Gasteiger partial charge in [-0.05, 0) is 18.6 Å². The molecule has 0 aliphatic carbocycles. The van der Waals surface area contributed by atoms with Crippen molar-refractivity contribution >= 4 is 6.03 Å². The zero-order valence-corrected chi connectivity index (χ0v) is 7.80. The molecule has 1 atom stereocenters. The van der Waals surface area contributed by atoms with Crippen LogP contribution < -0.4 is 10.6 Å². The number of benzene rings is 1. The van der Waals surface area contributed by atoms with Crippen LogP contribution in [0.15, 0.2) is 18.2 Å². The second-order valence-electron chi connectivity index (χ2n) is 3.38. The Morgan fingerprint density at radius 1 is 1.50 bits per heavy atom. The van der Waals surface area contributed by atoms with Crippen molar-refractivity contribution in [3.63, 3.8) is 0 Å². The summed E-state index contributed by atoms with van der Waals surface area (Å²) in [5.74, 6) is -0.265. The Balaban J connectivity index is 2.36. The first-order chi connectivity index (χ1) is 6.68. The van der Waals surface area contributed by atoms with Crippen LogP contribution in [0.2, 0.25) is 0 Å². The second kappa shape index (κ2) is 3.29. The number of aryl methyl sites for hydroxylation is 1. The molecule has 0 saturated carbocycles. The van der Waals surface area contributed by atoms with Gasteiger partial charge in [0.05, 0.1) is 6.04 Å². The number of hydrogen-bond acceptors (Lipinski definition) is 1. The van der Waals surface area contributed by atoms with Gasteiger partial charge < -0.3 is 10.6 Å². The van der Waals surface area contributed by atoms with Crippen LogP contribution in [0, 0.1) is 12.7 Å². The predicted molar refractivity (Wildman–Crippen MR) is 50.4 cm³/mol. The van der Waals surface area contributed by atoms with Gasteiger partial charge in [-0.2, -0.15) is 0 Å². The Bertz CT molecular complexity index is 358. The number of nitrogens with one attached hydrogen (secondary N) is 2. The van der Waals surface area contributed by atoms with Gasteiger partial charge >= 0.3 is 6.03 Å². The molecule has 74 valence electrons. The highest BCUT2D eigenvalue weighted by atomic mass is 19.1. The van der Waals surface area contributed by atoms with E-state index in [9.17, 15) is 9.18 Å². The third-order valence-corrected chi connectivity index (χ3v) is 2.39. The molecule has 1 aliphatic rings.